The van der Waals surface area contributed by atoms with E-state index in [1.807, 2.05) is 0 Å². The molecule has 0 aliphatic carbocycles. The molecule has 1 aliphatic heterocycles. The zero-order chi connectivity index (χ0) is 19.0. The zero-order valence-corrected chi connectivity index (χ0v) is 14.6. The Hall–Kier alpha value is -3.60. The minimum absolute atomic E-state index is 0. The zero-order valence-electron chi connectivity index (χ0n) is 13.8. The molecule has 3 rings (SSSR count). The third-order valence-electron chi connectivity index (χ3n) is 3.85. The average molecular weight is 394 g/mol. The van der Waals surface area contributed by atoms with E-state index >= 15 is 0 Å². The number of hydrogen-bond donors (Lipinski definition) is 0. The molecular weight excluding hydrogens is 382 g/mol. The Balaban J connectivity index is 0.00000261. The van der Waals surface area contributed by atoms with Crippen molar-refractivity contribution in [1.82, 2.24) is 4.90 Å². The molecule has 0 atom stereocenters. The van der Waals surface area contributed by atoms with E-state index in [9.17, 15) is 29.8 Å². The molecule has 11 nitrogen and oxygen atoms in total. The van der Waals surface area contributed by atoms with Crippen molar-refractivity contribution in [2.75, 3.05) is 18.5 Å². The average Bonchev–Trinajstić information content (AvgIpc) is 2.86. The van der Waals surface area contributed by atoms with Crippen molar-refractivity contribution in [2.24, 2.45) is 0 Å². The van der Waals surface area contributed by atoms with Gasteiger partial charge in [0, 0.05) is 31.3 Å². The highest BCUT2D eigenvalue weighted by Gasteiger charge is 2.35. The molecule has 140 valence electrons. The van der Waals surface area contributed by atoms with Gasteiger partial charge in [0.2, 0.25) is 0 Å². The van der Waals surface area contributed by atoms with Crippen LogP contribution in [0.1, 0.15) is 0 Å². The minimum atomic E-state index is -0.717. The maximum Gasteiger partial charge on any atom is 0.347 e. The van der Waals surface area contributed by atoms with Crippen molar-refractivity contribution in [3.63, 3.8) is 0 Å². The Labute approximate surface area is 158 Å². The number of nitro benzene ring substituents is 2. The Kier molecular flexibility index (Phi) is 5.36. The maximum absolute atomic E-state index is 12.0. The molecule has 0 saturated carbocycles. The van der Waals surface area contributed by atoms with Gasteiger partial charge in [-0.2, -0.15) is 4.57 Å². The lowest BCUT2D eigenvalue weighted by molar-refractivity contribution is -0.600. The quantitative estimate of drug-likeness (QED) is 0.260. The largest absolute Gasteiger partial charge is 1.00 e. The van der Waals surface area contributed by atoms with E-state index in [2.05, 4.69) is 0 Å². The highest BCUT2D eigenvalue weighted by molar-refractivity contribution is 6.19. The van der Waals surface area contributed by atoms with Gasteiger partial charge >= 0.3 is 11.7 Å². The monoisotopic (exact) mass is 393 g/mol. The van der Waals surface area contributed by atoms with Crippen LogP contribution in [0.2, 0.25) is 0 Å². The van der Waals surface area contributed by atoms with Gasteiger partial charge in [0.25, 0.3) is 17.3 Å². The number of non-ortho nitro benzene ring substituents is 1. The number of nitro groups is 2. The van der Waals surface area contributed by atoms with Gasteiger partial charge in [-0.15, -0.1) is 0 Å². The fourth-order valence-electron chi connectivity index (χ4n) is 2.59. The second-order valence-corrected chi connectivity index (χ2v) is 5.52. The number of anilines is 1. The summed E-state index contributed by atoms with van der Waals surface area (Å²) in [7, 11) is 1.50. The summed E-state index contributed by atoms with van der Waals surface area (Å²) >= 11 is 0. The Morgan fingerprint density at radius 2 is 1.67 bits per heavy atom. The summed E-state index contributed by atoms with van der Waals surface area (Å²) in [6.07, 6.45) is 2.87. The van der Waals surface area contributed by atoms with Crippen molar-refractivity contribution in [3.8, 4) is 5.69 Å². The standard InChI is InChI=1S/C15H12N5O6.ClH/c1-16-9-14(21)18(15(16)22)10-4-6-17(7-5-10)12-3-2-11(19(23)24)8-13(12)20(25)26;/h2-8H,9H2,1H3;1H/q+1;/p-1. The van der Waals surface area contributed by atoms with Crippen LogP contribution in [-0.4, -0.2) is 40.3 Å². The smallest absolute Gasteiger partial charge is 0.347 e. The summed E-state index contributed by atoms with van der Waals surface area (Å²) in [6.45, 7) is -0.0262. The summed E-state index contributed by atoms with van der Waals surface area (Å²) in [4.78, 5) is 46.8. The second-order valence-electron chi connectivity index (χ2n) is 5.52. The van der Waals surface area contributed by atoms with Gasteiger partial charge in [0.15, 0.2) is 12.4 Å². The minimum Gasteiger partial charge on any atom is -1.00 e. The molecule has 1 aliphatic rings. The number of pyridine rings is 1. The molecule has 1 saturated heterocycles. The SMILES string of the molecule is CN1CC(=O)N(c2cc[n+](-c3ccc([N+](=O)[O-])cc3[N+](=O)[O-])cc2)C1=O.[Cl-]. The van der Waals surface area contributed by atoms with Crippen LogP contribution in [0.5, 0.6) is 0 Å². The Morgan fingerprint density at radius 1 is 1.04 bits per heavy atom. The molecule has 0 N–H and O–H groups in total. The van der Waals surface area contributed by atoms with E-state index in [0.29, 0.717) is 5.69 Å². The number of imide groups is 1. The lowest BCUT2D eigenvalue weighted by Gasteiger charge is -2.12. The number of aromatic nitrogens is 1. The number of rotatable bonds is 4. The molecule has 0 spiro atoms. The first-order valence-electron chi connectivity index (χ1n) is 7.32. The fourth-order valence-corrected chi connectivity index (χ4v) is 2.59. The van der Waals surface area contributed by atoms with Crippen molar-refractivity contribution < 1.29 is 36.4 Å². The van der Waals surface area contributed by atoms with Gasteiger partial charge in [-0.25, -0.2) is 9.69 Å². The van der Waals surface area contributed by atoms with Crippen molar-refractivity contribution in [2.45, 2.75) is 0 Å². The van der Waals surface area contributed by atoms with Crippen LogP contribution >= 0.6 is 0 Å². The molecule has 0 radical (unpaired) electrons. The number of carbonyl (C=O) groups is 2. The first-order chi connectivity index (χ1) is 12.3. The van der Waals surface area contributed by atoms with Crippen LogP contribution in [0.4, 0.5) is 21.9 Å². The van der Waals surface area contributed by atoms with Gasteiger partial charge in [-0.3, -0.25) is 25.0 Å². The lowest BCUT2D eigenvalue weighted by atomic mass is 10.2. The molecule has 27 heavy (non-hydrogen) atoms. The molecule has 1 fully saturated rings. The number of halogens is 1. The number of hydrogen-bond acceptors (Lipinski definition) is 6. The summed E-state index contributed by atoms with van der Waals surface area (Å²) in [5, 5.41) is 22.0. The van der Waals surface area contributed by atoms with Gasteiger partial charge < -0.3 is 17.3 Å². The summed E-state index contributed by atoms with van der Waals surface area (Å²) in [5.74, 6) is -0.378. The van der Waals surface area contributed by atoms with E-state index in [-0.39, 0.29) is 30.5 Å². The van der Waals surface area contributed by atoms with E-state index in [4.69, 9.17) is 0 Å². The molecule has 1 aromatic carbocycles. The number of benzene rings is 1. The van der Waals surface area contributed by atoms with E-state index in [0.717, 1.165) is 17.0 Å². The highest BCUT2D eigenvalue weighted by atomic mass is 35.5. The van der Waals surface area contributed by atoms with Gasteiger partial charge in [0.1, 0.15) is 12.6 Å². The van der Waals surface area contributed by atoms with Crippen LogP contribution in [0.3, 0.4) is 0 Å². The molecule has 3 amide bonds. The van der Waals surface area contributed by atoms with E-state index in [1.54, 1.807) is 0 Å². The van der Waals surface area contributed by atoms with Gasteiger partial charge in [-0.1, -0.05) is 0 Å². The Morgan fingerprint density at radius 3 is 2.15 bits per heavy atom. The molecule has 1 aromatic heterocycles. The number of urea groups is 1. The topological polar surface area (TPSA) is 131 Å². The van der Waals surface area contributed by atoms with Crippen LogP contribution in [0, 0.1) is 20.2 Å². The molecule has 0 unspecified atom stereocenters. The Bertz CT molecular complexity index is 948. The normalized spacial score (nSPS) is 13.5. The highest BCUT2D eigenvalue weighted by Crippen LogP contribution is 2.25. The number of likely N-dealkylation sites (N-methyl/N-ethyl adjacent to an activating group) is 1. The maximum atomic E-state index is 12.0. The molecule has 2 heterocycles. The predicted molar refractivity (Wildman–Crippen MR) is 86.8 cm³/mol. The van der Waals surface area contributed by atoms with Crippen molar-refractivity contribution >= 4 is 29.0 Å². The van der Waals surface area contributed by atoms with Gasteiger partial charge in [-0.05, 0) is 0 Å². The van der Waals surface area contributed by atoms with Crippen LogP contribution in [0.15, 0.2) is 42.7 Å². The predicted octanol–water partition coefficient (Wildman–Crippen LogP) is -1.82. The van der Waals surface area contributed by atoms with Gasteiger partial charge in [0.05, 0.1) is 15.5 Å². The van der Waals surface area contributed by atoms with Crippen LogP contribution < -0.4 is 21.9 Å². The second kappa shape index (κ2) is 7.33. The summed E-state index contributed by atoms with van der Waals surface area (Å²) < 4.78 is 1.38. The van der Waals surface area contributed by atoms with Crippen molar-refractivity contribution in [1.29, 1.82) is 0 Å². The van der Waals surface area contributed by atoms with Crippen LogP contribution in [0.25, 0.3) is 5.69 Å². The number of nitrogens with zero attached hydrogens (tertiary/aromatic N) is 5. The van der Waals surface area contributed by atoms with Crippen molar-refractivity contribution in [3.05, 3.63) is 63.0 Å². The third-order valence-corrected chi connectivity index (χ3v) is 3.85. The third kappa shape index (κ3) is 3.53. The molecule has 2 aromatic rings. The molecule has 12 heteroatoms. The van der Waals surface area contributed by atoms with Crippen LogP contribution in [-0.2, 0) is 4.79 Å². The van der Waals surface area contributed by atoms with E-state index < -0.39 is 27.3 Å². The molecular formula is C15H12ClN5O6. The summed E-state index contributed by atoms with van der Waals surface area (Å²) in [6, 6.07) is 5.75. The fraction of sp³-hybridized carbons (Fsp3) is 0.133. The first kappa shape index (κ1) is 19.7. The number of carbonyl (C=O) groups excluding carboxylic acids is 2. The first-order valence-corrected chi connectivity index (χ1v) is 7.32. The number of amides is 3. The lowest BCUT2D eigenvalue weighted by Crippen LogP contribution is -3.00. The van der Waals surface area contributed by atoms with E-state index in [1.165, 1.54) is 47.1 Å². The molecule has 0 bridgehead atoms. The summed E-state index contributed by atoms with van der Waals surface area (Å²) in [5.41, 5.74) is -0.396.